The average Bonchev–Trinajstić information content (AvgIpc) is 3.03. The van der Waals surface area contributed by atoms with Crippen LogP contribution in [-0.2, 0) is 9.59 Å². The van der Waals surface area contributed by atoms with Crippen LogP contribution in [0.3, 0.4) is 0 Å². The van der Waals surface area contributed by atoms with Crippen molar-refractivity contribution in [3.63, 3.8) is 0 Å². The van der Waals surface area contributed by atoms with Crippen molar-refractivity contribution in [3.8, 4) is 11.5 Å². The van der Waals surface area contributed by atoms with Crippen LogP contribution in [-0.4, -0.2) is 37.2 Å². The molecule has 0 aliphatic heterocycles. The van der Waals surface area contributed by atoms with Crippen LogP contribution in [0.25, 0.3) is 6.08 Å². The Kier molecular flexibility index (Phi) is 11.8. The van der Waals surface area contributed by atoms with E-state index in [0.29, 0.717) is 48.9 Å². The number of rotatable bonds is 11. The van der Waals surface area contributed by atoms with Gasteiger partial charge in [0.1, 0.15) is 17.2 Å². The highest BCUT2D eigenvalue weighted by Crippen LogP contribution is 2.36. The first-order chi connectivity index (χ1) is 21.6. The van der Waals surface area contributed by atoms with E-state index in [-0.39, 0.29) is 16.6 Å². The summed E-state index contributed by atoms with van der Waals surface area (Å²) in [6.07, 6.45) is 1.45. The summed E-state index contributed by atoms with van der Waals surface area (Å²) in [5.74, 6) is -0.545. The van der Waals surface area contributed by atoms with Crippen molar-refractivity contribution in [1.29, 1.82) is 0 Å². The van der Waals surface area contributed by atoms with Crippen LogP contribution in [0.1, 0.15) is 22.8 Å². The van der Waals surface area contributed by atoms with E-state index in [9.17, 15) is 14.4 Å². The Bertz CT molecular complexity index is 1750. The van der Waals surface area contributed by atoms with Gasteiger partial charge >= 0.3 is 0 Å². The molecule has 0 aliphatic rings. The molecule has 4 aromatic rings. The van der Waals surface area contributed by atoms with Crippen molar-refractivity contribution in [3.05, 3.63) is 117 Å². The van der Waals surface area contributed by atoms with Gasteiger partial charge in [-0.1, -0.05) is 71.2 Å². The first kappa shape index (κ1) is 33.7. The Balaban J connectivity index is 1.50. The highest BCUT2D eigenvalue weighted by molar-refractivity contribution is 8.00. The van der Waals surface area contributed by atoms with Gasteiger partial charge in [-0.05, 0) is 61.0 Å². The molecule has 0 saturated heterocycles. The summed E-state index contributed by atoms with van der Waals surface area (Å²) < 4.78 is 10.6. The molecule has 1 unspecified atom stereocenters. The van der Waals surface area contributed by atoms with Crippen LogP contribution in [0.2, 0.25) is 15.1 Å². The summed E-state index contributed by atoms with van der Waals surface area (Å²) in [5.41, 5.74) is 1.61. The molecule has 0 fully saturated rings. The van der Waals surface area contributed by atoms with Crippen LogP contribution in [0.4, 0.5) is 11.4 Å². The van der Waals surface area contributed by atoms with E-state index in [1.807, 2.05) is 6.07 Å². The molecule has 3 N–H and O–H groups in total. The van der Waals surface area contributed by atoms with Gasteiger partial charge in [0.05, 0.1) is 40.2 Å². The Morgan fingerprint density at radius 1 is 0.800 bits per heavy atom. The summed E-state index contributed by atoms with van der Waals surface area (Å²) in [6.45, 7) is 1.75. The number of nitrogens with one attached hydrogen (secondary N) is 3. The Morgan fingerprint density at radius 3 is 2.22 bits per heavy atom. The molecule has 0 aromatic heterocycles. The second-order valence-corrected chi connectivity index (χ2v) is 12.0. The van der Waals surface area contributed by atoms with E-state index in [1.54, 1.807) is 85.8 Å². The third-order valence-corrected chi connectivity index (χ3v) is 8.54. The molecule has 0 saturated carbocycles. The van der Waals surface area contributed by atoms with Gasteiger partial charge in [0.25, 0.3) is 11.8 Å². The molecule has 3 amide bonds. The lowest BCUT2D eigenvalue weighted by molar-refractivity contribution is -0.115. The summed E-state index contributed by atoms with van der Waals surface area (Å²) >= 11 is 20.1. The summed E-state index contributed by atoms with van der Waals surface area (Å²) in [5, 5.41) is 8.65. The van der Waals surface area contributed by atoms with Crippen LogP contribution < -0.4 is 25.4 Å². The fourth-order valence-corrected chi connectivity index (χ4v) is 5.55. The molecular formula is C33H28Cl3N3O5S. The fourth-order valence-electron chi connectivity index (χ4n) is 4.03. The lowest BCUT2D eigenvalue weighted by atomic mass is 10.1. The predicted octanol–water partition coefficient (Wildman–Crippen LogP) is 8.19. The van der Waals surface area contributed by atoms with E-state index >= 15 is 0 Å². The molecule has 0 heterocycles. The fraction of sp³-hybridized carbons (Fsp3) is 0.121. The van der Waals surface area contributed by atoms with Gasteiger partial charge in [-0.2, -0.15) is 0 Å². The maximum atomic E-state index is 13.5. The molecule has 12 heteroatoms. The Hall–Kier alpha value is -4.15. The standard InChI is InChI=1S/C33H28Cl3N3O5S/c1-19(31(40)38-26-17-25(35)28(43-2)18-29(26)44-3)45-23-13-8-12-22(16-23)37-33(42)27(15-21-11-7-14-24(34)30(21)36)39-32(41)20-9-5-4-6-10-20/h4-19H,1-3H3,(H,37,42)(H,38,40)(H,39,41)/b27-15+. The zero-order chi connectivity index (χ0) is 32.5. The highest BCUT2D eigenvalue weighted by Gasteiger charge is 2.20. The van der Waals surface area contributed by atoms with Gasteiger partial charge in [-0.15, -0.1) is 11.8 Å². The SMILES string of the molecule is COc1cc(OC)c(NC(=O)C(C)Sc2cccc(NC(=O)/C(=C\c3cccc(Cl)c3Cl)NC(=O)c3ccccc3)c2)cc1Cl. The number of hydrogen-bond donors (Lipinski definition) is 3. The number of carbonyl (C=O) groups excluding carboxylic acids is 3. The van der Waals surface area contributed by atoms with Gasteiger partial charge in [0.15, 0.2) is 0 Å². The maximum Gasteiger partial charge on any atom is 0.272 e. The normalized spacial score (nSPS) is 11.7. The lowest BCUT2D eigenvalue weighted by Gasteiger charge is -2.16. The van der Waals surface area contributed by atoms with Crippen LogP contribution in [0, 0.1) is 0 Å². The molecule has 4 rings (SSSR count). The summed E-state index contributed by atoms with van der Waals surface area (Å²) in [7, 11) is 2.97. The lowest BCUT2D eigenvalue weighted by Crippen LogP contribution is -2.30. The minimum Gasteiger partial charge on any atom is -0.495 e. The molecular weight excluding hydrogens is 657 g/mol. The van der Waals surface area contributed by atoms with Gasteiger partial charge in [0, 0.05) is 22.2 Å². The number of ether oxygens (including phenoxy) is 2. The first-order valence-electron chi connectivity index (χ1n) is 13.4. The number of hydrogen-bond acceptors (Lipinski definition) is 6. The van der Waals surface area contributed by atoms with Gasteiger partial charge in [-0.3, -0.25) is 14.4 Å². The summed E-state index contributed by atoms with van der Waals surface area (Å²) in [6, 6.07) is 23.6. The zero-order valence-electron chi connectivity index (χ0n) is 24.3. The van der Waals surface area contributed by atoms with Gasteiger partial charge < -0.3 is 25.4 Å². The second kappa shape index (κ2) is 15.7. The molecule has 4 aromatic carbocycles. The van der Waals surface area contributed by atoms with Crippen LogP contribution >= 0.6 is 46.6 Å². The largest absolute Gasteiger partial charge is 0.495 e. The van der Waals surface area contributed by atoms with Crippen LogP contribution in [0.5, 0.6) is 11.5 Å². The predicted molar refractivity (Wildman–Crippen MR) is 182 cm³/mol. The molecule has 45 heavy (non-hydrogen) atoms. The minimum atomic E-state index is -0.591. The molecule has 0 spiro atoms. The molecule has 232 valence electrons. The minimum absolute atomic E-state index is 0.0501. The third-order valence-electron chi connectivity index (χ3n) is 6.32. The monoisotopic (exact) mass is 683 g/mol. The first-order valence-corrected chi connectivity index (χ1v) is 15.4. The topological polar surface area (TPSA) is 106 Å². The smallest absolute Gasteiger partial charge is 0.272 e. The number of benzene rings is 4. The van der Waals surface area contributed by atoms with Gasteiger partial charge in [-0.25, -0.2) is 0 Å². The molecule has 0 bridgehead atoms. The maximum absolute atomic E-state index is 13.5. The molecule has 0 radical (unpaired) electrons. The van der Waals surface area contributed by atoms with Crippen molar-refractivity contribution >= 4 is 81.7 Å². The quantitative estimate of drug-likeness (QED) is 0.109. The van der Waals surface area contributed by atoms with Crippen molar-refractivity contribution in [1.82, 2.24) is 5.32 Å². The van der Waals surface area contributed by atoms with Gasteiger partial charge in [0.2, 0.25) is 5.91 Å². The molecule has 0 aliphatic carbocycles. The number of halogens is 3. The van der Waals surface area contributed by atoms with Crippen molar-refractivity contribution < 1.29 is 23.9 Å². The van der Waals surface area contributed by atoms with Crippen molar-refractivity contribution in [2.45, 2.75) is 17.1 Å². The van der Waals surface area contributed by atoms with Crippen LogP contribution in [0.15, 0.2) is 95.5 Å². The Morgan fingerprint density at radius 2 is 1.51 bits per heavy atom. The number of carbonyl (C=O) groups is 3. The van der Waals surface area contributed by atoms with E-state index in [2.05, 4.69) is 16.0 Å². The van der Waals surface area contributed by atoms with E-state index < -0.39 is 17.1 Å². The van der Waals surface area contributed by atoms with E-state index in [0.717, 1.165) is 0 Å². The molecule has 8 nitrogen and oxygen atoms in total. The highest BCUT2D eigenvalue weighted by atomic mass is 35.5. The number of amides is 3. The van der Waals surface area contributed by atoms with E-state index in [1.165, 1.54) is 32.1 Å². The average molecular weight is 685 g/mol. The number of thioether (sulfide) groups is 1. The number of anilines is 2. The summed E-state index contributed by atoms with van der Waals surface area (Å²) in [4.78, 5) is 40.2. The second-order valence-electron chi connectivity index (χ2n) is 9.44. The zero-order valence-corrected chi connectivity index (χ0v) is 27.4. The van der Waals surface area contributed by atoms with Crippen molar-refractivity contribution in [2.75, 3.05) is 24.9 Å². The van der Waals surface area contributed by atoms with E-state index in [4.69, 9.17) is 44.3 Å². The van der Waals surface area contributed by atoms with Crippen molar-refractivity contribution in [2.24, 2.45) is 0 Å². The number of methoxy groups -OCH3 is 2. The third kappa shape index (κ3) is 8.95. The Labute approximate surface area is 280 Å². The molecule has 1 atom stereocenters.